The van der Waals surface area contributed by atoms with E-state index in [1.165, 1.54) is 0 Å². The number of aromatic amines is 1. The van der Waals surface area contributed by atoms with Gasteiger partial charge < -0.3 is 14.3 Å². The molecule has 0 saturated carbocycles. The summed E-state index contributed by atoms with van der Waals surface area (Å²) in [6.07, 6.45) is 2.79. The molecule has 1 aliphatic heterocycles. The first-order chi connectivity index (χ1) is 14.4. The fourth-order valence-corrected chi connectivity index (χ4v) is 4.65. The lowest BCUT2D eigenvalue weighted by Crippen LogP contribution is -2.31. The molecule has 0 fully saturated rings. The molecular formula is C21H20N4O4S. The summed E-state index contributed by atoms with van der Waals surface area (Å²) < 4.78 is 31.7. The van der Waals surface area contributed by atoms with Gasteiger partial charge in [0.2, 0.25) is 15.6 Å². The number of nitrogens with zero attached hydrogens (tertiary/aromatic N) is 2. The summed E-state index contributed by atoms with van der Waals surface area (Å²) in [7, 11) is -3.37. The average molecular weight is 424 g/mol. The van der Waals surface area contributed by atoms with E-state index in [0.29, 0.717) is 29.2 Å². The van der Waals surface area contributed by atoms with Crippen molar-refractivity contribution in [3.63, 3.8) is 0 Å². The van der Waals surface area contributed by atoms with Gasteiger partial charge in [-0.3, -0.25) is 9.52 Å². The van der Waals surface area contributed by atoms with Gasteiger partial charge in [-0.15, -0.1) is 0 Å². The fraction of sp³-hybridized carbons (Fsp3) is 0.238. The zero-order valence-corrected chi connectivity index (χ0v) is 17.1. The topological polar surface area (TPSA) is 108 Å². The predicted octanol–water partition coefficient (Wildman–Crippen LogP) is 2.99. The normalized spacial score (nSPS) is 14.2. The van der Waals surface area contributed by atoms with Crippen molar-refractivity contribution in [3.8, 4) is 0 Å². The molecule has 0 amide bonds. The molecule has 8 nitrogen and oxygen atoms in total. The lowest BCUT2D eigenvalue weighted by atomic mass is 10.00. The Morgan fingerprint density at radius 1 is 1.20 bits per heavy atom. The maximum absolute atomic E-state index is 12.6. The van der Waals surface area contributed by atoms with Gasteiger partial charge in [0.25, 0.3) is 5.56 Å². The van der Waals surface area contributed by atoms with Crippen LogP contribution >= 0.6 is 0 Å². The van der Waals surface area contributed by atoms with E-state index in [9.17, 15) is 13.2 Å². The first-order valence-corrected chi connectivity index (χ1v) is 11.5. The number of para-hydroxylation sites is 1. The highest BCUT2D eigenvalue weighted by Crippen LogP contribution is 2.34. The van der Waals surface area contributed by atoms with Crippen LogP contribution in [0.4, 0.5) is 11.4 Å². The number of aromatic nitrogens is 2. The van der Waals surface area contributed by atoms with Crippen molar-refractivity contribution in [2.24, 2.45) is 0 Å². The number of benzene rings is 2. The van der Waals surface area contributed by atoms with Crippen LogP contribution in [0, 0.1) is 0 Å². The van der Waals surface area contributed by atoms with Crippen molar-refractivity contribution in [1.29, 1.82) is 0 Å². The van der Waals surface area contributed by atoms with E-state index < -0.39 is 10.0 Å². The molecule has 2 aromatic heterocycles. The molecule has 9 heteroatoms. The average Bonchev–Trinajstić information content (AvgIpc) is 3.07. The fourth-order valence-electron chi connectivity index (χ4n) is 4.06. The van der Waals surface area contributed by atoms with Gasteiger partial charge in [0.15, 0.2) is 0 Å². The minimum Gasteiger partial charge on any atom is -0.449 e. The second kappa shape index (κ2) is 6.88. The van der Waals surface area contributed by atoms with Gasteiger partial charge in [0, 0.05) is 17.6 Å². The predicted molar refractivity (Wildman–Crippen MR) is 116 cm³/mol. The largest absolute Gasteiger partial charge is 0.449 e. The molecule has 2 N–H and O–H groups in total. The van der Waals surface area contributed by atoms with Crippen LogP contribution in [0.2, 0.25) is 0 Å². The van der Waals surface area contributed by atoms with Crippen LogP contribution in [0.15, 0.2) is 51.7 Å². The van der Waals surface area contributed by atoms with Gasteiger partial charge >= 0.3 is 0 Å². The van der Waals surface area contributed by atoms with Crippen molar-refractivity contribution >= 4 is 43.5 Å². The number of rotatable bonds is 4. The molecule has 5 rings (SSSR count). The Hall–Kier alpha value is -3.33. The summed E-state index contributed by atoms with van der Waals surface area (Å²) in [5, 5.41) is 0.804. The first-order valence-electron chi connectivity index (χ1n) is 9.64. The Morgan fingerprint density at radius 2 is 2.03 bits per heavy atom. The third-order valence-corrected chi connectivity index (χ3v) is 5.85. The van der Waals surface area contributed by atoms with Gasteiger partial charge in [0.1, 0.15) is 16.9 Å². The van der Waals surface area contributed by atoms with E-state index in [1.54, 1.807) is 6.07 Å². The summed E-state index contributed by atoms with van der Waals surface area (Å²) in [5.41, 5.74) is 3.57. The molecular weight excluding hydrogens is 404 g/mol. The molecule has 0 spiro atoms. The molecule has 0 aliphatic carbocycles. The van der Waals surface area contributed by atoms with Gasteiger partial charge in [-0.05, 0) is 42.7 Å². The first kappa shape index (κ1) is 18.7. The Kier molecular flexibility index (Phi) is 4.28. The molecule has 0 bridgehead atoms. The van der Waals surface area contributed by atoms with E-state index in [2.05, 4.69) is 19.6 Å². The summed E-state index contributed by atoms with van der Waals surface area (Å²) >= 11 is 0. The van der Waals surface area contributed by atoms with Gasteiger partial charge in [-0.25, -0.2) is 13.4 Å². The Bertz CT molecular complexity index is 1440. The molecule has 30 heavy (non-hydrogen) atoms. The number of hydrogen-bond donors (Lipinski definition) is 2. The zero-order valence-electron chi connectivity index (χ0n) is 16.3. The third kappa shape index (κ3) is 3.30. The van der Waals surface area contributed by atoms with E-state index in [1.807, 2.05) is 36.4 Å². The molecule has 2 aromatic carbocycles. The Labute approximate surface area is 172 Å². The minimum absolute atomic E-state index is 0.221. The summed E-state index contributed by atoms with van der Waals surface area (Å²) in [4.78, 5) is 22.2. The maximum atomic E-state index is 12.6. The highest BCUT2D eigenvalue weighted by atomic mass is 32.2. The molecule has 1 aliphatic rings. The molecule has 4 aromatic rings. The highest BCUT2D eigenvalue weighted by molar-refractivity contribution is 7.92. The SMILES string of the molecule is CS(=O)(=O)Nc1cccc2c1CCCN2Cc1nc2c(oc3ccccc32)c(=O)[nH]1. The van der Waals surface area contributed by atoms with Crippen LogP contribution in [-0.2, 0) is 23.0 Å². The van der Waals surface area contributed by atoms with E-state index in [-0.39, 0.29) is 11.1 Å². The number of anilines is 2. The number of hydrogen-bond acceptors (Lipinski definition) is 6. The van der Waals surface area contributed by atoms with Crippen LogP contribution in [0.3, 0.4) is 0 Å². The molecule has 0 unspecified atom stereocenters. The Morgan fingerprint density at radius 3 is 2.87 bits per heavy atom. The molecule has 0 atom stereocenters. The van der Waals surface area contributed by atoms with Crippen molar-refractivity contribution in [2.75, 3.05) is 22.4 Å². The van der Waals surface area contributed by atoms with Crippen molar-refractivity contribution in [1.82, 2.24) is 9.97 Å². The highest BCUT2D eigenvalue weighted by Gasteiger charge is 2.22. The number of furan rings is 1. The number of nitrogens with one attached hydrogen (secondary N) is 2. The van der Waals surface area contributed by atoms with Crippen LogP contribution < -0.4 is 15.2 Å². The lowest BCUT2D eigenvalue weighted by Gasteiger charge is -2.32. The van der Waals surface area contributed by atoms with Crippen LogP contribution in [0.1, 0.15) is 17.8 Å². The van der Waals surface area contributed by atoms with E-state index >= 15 is 0 Å². The minimum atomic E-state index is -3.37. The maximum Gasteiger partial charge on any atom is 0.294 e. The molecule has 0 radical (unpaired) electrons. The van der Waals surface area contributed by atoms with E-state index in [4.69, 9.17) is 4.42 Å². The lowest BCUT2D eigenvalue weighted by molar-refractivity contribution is 0.606. The molecule has 0 saturated heterocycles. The third-order valence-electron chi connectivity index (χ3n) is 5.26. The smallest absolute Gasteiger partial charge is 0.294 e. The summed E-state index contributed by atoms with van der Waals surface area (Å²) in [6.45, 7) is 1.18. The van der Waals surface area contributed by atoms with E-state index in [0.717, 1.165) is 42.3 Å². The number of H-pyrrole nitrogens is 1. The van der Waals surface area contributed by atoms with Gasteiger partial charge in [-0.2, -0.15) is 0 Å². The van der Waals surface area contributed by atoms with Gasteiger partial charge in [-0.1, -0.05) is 18.2 Å². The molecule has 154 valence electrons. The standard InChI is InChI=1S/C21H20N4O4S/c1-30(27,28)24-15-8-4-9-16-13(15)7-5-11-25(16)12-18-22-19-14-6-2-3-10-17(14)29-20(19)21(26)23-18/h2-4,6,8-10,24H,5,7,11-12H2,1H3,(H,22,23,26). The second-order valence-corrected chi connectivity index (χ2v) is 9.24. The monoisotopic (exact) mass is 424 g/mol. The van der Waals surface area contributed by atoms with Gasteiger partial charge in [0.05, 0.1) is 18.5 Å². The quantitative estimate of drug-likeness (QED) is 0.521. The van der Waals surface area contributed by atoms with Crippen LogP contribution in [0.25, 0.3) is 22.1 Å². The summed E-state index contributed by atoms with van der Waals surface area (Å²) in [5.74, 6) is 0.536. The van der Waals surface area contributed by atoms with Crippen molar-refractivity contribution < 1.29 is 12.8 Å². The van der Waals surface area contributed by atoms with Crippen molar-refractivity contribution in [3.05, 3.63) is 64.2 Å². The number of sulfonamides is 1. The van der Waals surface area contributed by atoms with Crippen LogP contribution in [-0.4, -0.2) is 31.2 Å². The second-order valence-electron chi connectivity index (χ2n) is 7.49. The van der Waals surface area contributed by atoms with Crippen molar-refractivity contribution in [2.45, 2.75) is 19.4 Å². The number of fused-ring (bicyclic) bond motifs is 4. The molecule has 3 heterocycles. The van der Waals surface area contributed by atoms with Crippen LogP contribution in [0.5, 0.6) is 0 Å². The Balaban J connectivity index is 1.55. The summed E-state index contributed by atoms with van der Waals surface area (Å²) in [6, 6.07) is 13.0. The zero-order chi connectivity index (χ0) is 20.9.